The molecule has 1 N–H and O–H groups in total. The number of hydrogen-bond donors (Lipinski definition) is 1. The molecule has 0 heterocycles. The summed E-state index contributed by atoms with van der Waals surface area (Å²) < 4.78 is 34.4. The highest BCUT2D eigenvalue weighted by atomic mass is 35.5. The van der Waals surface area contributed by atoms with E-state index in [9.17, 15) is 18.0 Å². The van der Waals surface area contributed by atoms with Gasteiger partial charge in [0, 0.05) is 25.0 Å². The number of ether oxygens (including phenoxy) is 1. The molecule has 4 aromatic carbocycles. The summed E-state index contributed by atoms with van der Waals surface area (Å²) in [4.78, 5) is 29.1. The van der Waals surface area contributed by atoms with Crippen molar-refractivity contribution >= 4 is 39.1 Å². The van der Waals surface area contributed by atoms with Crippen molar-refractivity contribution < 1.29 is 22.7 Å². The van der Waals surface area contributed by atoms with Crippen LogP contribution in [-0.2, 0) is 32.6 Å². The van der Waals surface area contributed by atoms with Crippen LogP contribution in [0.4, 0.5) is 5.69 Å². The van der Waals surface area contributed by atoms with E-state index in [2.05, 4.69) is 5.32 Å². The van der Waals surface area contributed by atoms with Crippen LogP contribution in [0.3, 0.4) is 0 Å². The van der Waals surface area contributed by atoms with E-state index in [1.165, 1.54) is 31.2 Å². The van der Waals surface area contributed by atoms with E-state index >= 15 is 0 Å². The first-order chi connectivity index (χ1) is 20.6. The first kappa shape index (κ1) is 31.6. The van der Waals surface area contributed by atoms with Crippen molar-refractivity contribution in [1.29, 1.82) is 0 Å². The highest BCUT2D eigenvalue weighted by Gasteiger charge is 2.34. The number of aryl methyl sites for hydroxylation is 1. The summed E-state index contributed by atoms with van der Waals surface area (Å²) in [5, 5.41) is 3.09. The van der Waals surface area contributed by atoms with E-state index in [1.54, 1.807) is 60.7 Å². The Balaban J connectivity index is 1.79. The van der Waals surface area contributed by atoms with Crippen LogP contribution in [-0.4, -0.2) is 51.9 Å². The van der Waals surface area contributed by atoms with Gasteiger partial charge in [-0.05, 0) is 60.5 Å². The maximum atomic E-state index is 14.3. The lowest BCUT2D eigenvalue weighted by Gasteiger charge is -2.33. The molecule has 0 unspecified atom stereocenters. The van der Waals surface area contributed by atoms with Crippen molar-refractivity contribution in [2.75, 3.05) is 25.0 Å². The van der Waals surface area contributed by atoms with Crippen LogP contribution < -0.4 is 14.4 Å². The van der Waals surface area contributed by atoms with Gasteiger partial charge in [-0.2, -0.15) is 0 Å². The van der Waals surface area contributed by atoms with Crippen LogP contribution in [0.5, 0.6) is 5.75 Å². The third-order valence-electron chi connectivity index (χ3n) is 7.06. The van der Waals surface area contributed by atoms with E-state index in [1.807, 2.05) is 37.3 Å². The zero-order chi connectivity index (χ0) is 31.0. The molecule has 224 valence electrons. The third-order valence-corrected chi connectivity index (χ3v) is 9.22. The van der Waals surface area contributed by atoms with E-state index in [4.69, 9.17) is 16.3 Å². The minimum absolute atomic E-state index is 0.00947. The summed E-state index contributed by atoms with van der Waals surface area (Å²) in [6.07, 6.45) is 0.212. The zero-order valence-corrected chi connectivity index (χ0v) is 25.8. The molecule has 0 saturated heterocycles. The van der Waals surface area contributed by atoms with Gasteiger partial charge >= 0.3 is 0 Å². The molecular formula is C33H34ClN3O5S. The standard InChI is InChI=1S/C33H34ClN3O5S/c1-24-13-19-29(20-14-24)43(40,41)37(27-15-17-28(42-3)18-16-27)23-32(38)36(22-26-11-7-8-12-30(26)34)31(33(39)35-2)21-25-9-5-4-6-10-25/h4-20,31H,21-23H2,1-3H3,(H,35,39)/t31-/m1/s1. The Hall–Kier alpha value is -4.34. The average Bonchev–Trinajstić information content (AvgIpc) is 3.02. The molecule has 0 saturated carbocycles. The Morgan fingerprint density at radius 1 is 0.884 bits per heavy atom. The van der Waals surface area contributed by atoms with Gasteiger partial charge in [0.1, 0.15) is 18.3 Å². The number of carbonyl (C=O) groups is 2. The Morgan fingerprint density at radius 3 is 2.12 bits per heavy atom. The number of carbonyl (C=O) groups excluding carboxylic acids is 2. The van der Waals surface area contributed by atoms with Gasteiger partial charge in [0.2, 0.25) is 11.8 Å². The van der Waals surface area contributed by atoms with Crippen LogP contribution in [0.2, 0.25) is 5.02 Å². The molecule has 1 atom stereocenters. The SMILES string of the molecule is CNC(=O)[C@@H](Cc1ccccc1)N(Cc1ccccc1Cl)C(=O)CN(c1ccc(OC)cc1)S(=O)(=O)c1ccc(C)cc1. The summed E-state index contributed by atoms with van der Waals surface area (Å²) in [5.74, 6) is -0.428. The predicted molar refractivity (Wildman–Crippen MR) is 169 cm³/mol. The number of methoxy groups -OCH3 is 1. The minimum atomic E-state index is -4.19. The van der Waals surface area contributed by atoms with Gasteiger partial charge < -0.3 is 15.0 Å². The fraction of sp³-hybridized carbons (Fsp3) is 0.212. The van der Waals surface area contributed by atoms with Gasteiger partial charge in [-0.15, -0.1) is 0 Å². The second-order valence-electron chi connectivity index (χ2n) is 9.96. The normalized spacial score (nSPS) is 11.8. The van der Waals surface area contributed by atoms with Gasteiger partial charge in [0.15, 0.2) is 0 Å². The molecule has 0 aliphatic carbocycles. The largest absolute Gasteiger partial charge is 0.497 e. The molecule has 43 heavy (non-hydrogen) atoms. The van der Waals surface area contributed by atoms with E-state index < -0.39 is 28.5 Å². The number of anilines is 1. The van der Waals surface area contributed by atoms with Crippen molar-refractivity contribution in [3.8, 4) is 5.75 Å². The molecule has 0 bridgehead atoms. The number of sulfonamides is 1. The zero-order valence-electron chi connectivity index (χ0n) is 24.2. The number of rotatable bonds is 12. The Kier molecular flexibility index (Phi) is 10.4. The van der Waals surface area contributed by atoms with Gasteiger partial charge in [-0.3, -0.25) is 13.9 Å². The van der Waals surface area contributed by atoms with Crippen LogP contribution in [0, 0.1) is 6.92 Å². The molecule has 0 aliphatic heterocycles. The molecule has 2 amide bonds. The van der Waals surface area contributed by atoms with Gasteiger partial charge in [-0.1, -0.05) is 77.8 Å². The van der Waals surface area contributed by atoms with Crippen molar-refractivity contribution in [1.82, 2.24) is 10.2 Å². The van der Waals surface area contributed by atoms with Crippen LogP contribution in [0.15, 0.2) is 108 Å². The van der Waals surface area contributed by atoms with Crippen molar-refractivity contribution in [3.05, 3.63) is 125 Å². The molecular weight excluding hydrogens is 586 g/mol. The third kappa shape index (κ3) is 7.74. The Bertz CT molecular complexity index is 1650. The molecule has 0 aromatic heterocycles. The number of likely N-dealkylation sites (N-methyl/N-ethyl adjacent to an activating group) is 1. The van der Waals surface area contributed by atoms with Crippen molar-refractivity contribution in [2.24, 2.45) is 0 Å². The quantitative estimate of drug-likeness (QED) is 0.234. The minimum Gasteiger partial charge on any atom is -0.497 e. The molecule has 0 fully saturated rings. The summed E-state index contributed by atoms with van der Waals surface area (Å²) in [6.45, 7) is 1.29. The molecule has 0 spiro atoms. The maximum absolute atomic E-state index is 14.3. The number of nitrogens with one attached hydrogen (secondary N) is 1. The molecule has 0 radical (unpaired) electrons. The predicted octanol–water partition coefficient (Wildman–Crippen LogP) is 5.24. The Morgan fingerprint density at radius 2 is 1.51 bits per heavy atom. The highest BCUT2D eigenvalue weighted by molar-refractivity contribution is 7.92. The fourth-order valence-corrected chi connectivity index (χ4v) is 6.26. The summed E-state index contributed by atoms with van der Waals surface area (Å²) in [7, 11) is -1.18. The molecule has 4 aromatic rings. The van der Waals surface area contributed by atoms with Crippen LogP contribution in [0.25, 0.3) is 0 Å². The topological polar surface area (TPSA) is 96.0 Å². The number of hydrogen-bond acceptors (Lipinski definition) is 5. The smallest absolute Gasteiger partial charge is 0.264 e. The van der Waals surface area contributed by atoms with Crippen LogP contribution >= 0.6 is 11.6 Å². The highest BCUT2D eigenvalue weighted by Crippen LogP contribution is 2.27. The van der Waals surface area contributed by atoms with Gasteiger partial charge in [0.25, 0.3) is 10.0 Å². The number of amides is 2. The second kappa shape index (κ2) is 14.2. The monoisotopic (exact) mass is 619 g/mol. The van der Waals surface area contributed by atoms with Crippen molar-refractivity contribution in [3.63, 3.8) is 0 Å². The molecule has 8 nitrogen and oxygen atoms in total. The molecule has 10 heteroatoms. The summed E-state index contributed by atoms with van der Waals surface area (Å²) in [5.41, 5.74) is 2.63. The fourth-order valence-electron chi connectivity index (χ4n) is 4.65. The lowest BCUT2D eigenvalue weighted by atomic mass is 10.0. The van der Waals surface area contributed by atoms with E-state index in [-0.39, 0.29) is 29.5 Å². The summed E-state index contributed by atoms with van der Waals surface area (Å²) >= 11 is 6.49. The Labute approximate surface area is 257 Å². The van der Waals surface area contributed by atoms with Crippen molar-refractivity contribution in [2.45, 2.75) is 30.8 Å². The maximum Gasteiger partial charge on any atom is 0.264 e. The average molecular weight is 620 g/mol. The summed E-state index contributed by atoms with van der Waals surface area (Å²) in [6, 6.07) is 28.3. The lowest BCUT2D eigenvalue weighted by molar-refractivity contribution is -0.139. The van der Waals surface area contributed by atoms with E-state index in [0.717, 1.165) is 15.4 Å². The first-order valence-electron chi connectivity index (χ1n) is 13.7. The van der Waals surface area contributed by atoms with E-state index in [0.29, 0.717) is 16.3 Å². The molecule has 4 rings (SSSR count). The number of nitrogens with zero attached hydrogens (tertiary/aromatic N) is 2. The lowest BCUT2D eigenvalue weighted by Crippen LogP contribution is -2.53. The van der Waals surface area contributed by atoms with Gasteiger partial charge in [0.05, 0.1) is 17.7 Å². The second-order valence-corrected chi connectivity index (χ2v) is 12.2. The first-order valence-corrected chi connectivity index (χ1v) is 15.5. The number of halogens is 1. The van der Waals surface area contributed by atoms with Gasteiger partial charge in [-0.25, -0.2) is 8.42 Å². The number of benzene rings is 4. The molecule has 0 aliphatic rings. The van der Waals surface area contributed by atoms with Crippen LogP contribution in [0.1, 0.15) is 16.7 Å².